The highest BCUT2D eigenvalue weighted by Crippen LogP contribution is 2.19. The molecule has 0 aromatic carbocycles. The monoisotopic (exact) mass is 322 g/mol. The van der Waals surface area contributed by atoms with E-state index in [2.05, 4.69) is 10.4 Å². The number of amides is 1. The van der Waals surface area contributed by atoms with Gasteiger partial charge in [-0.15, -0.1) is 0 Å². The van der Waals surface area contributed by atoms with Gasteiger partial charge in [0.25, 0.3) is 0 Å². The van der Waals surface area contributed by atoms with Crippen LogP contribution in [0, 0.1) is 5.92 Å². The summed E-state index contributed by atoms with van der Waals surface area (Å²) in [4.78, 5) is 13.8. The number of nitrogens with zero attached hydrogens (tertiary/aromatic N) is 3. The number of piperidine rings is 1. The Hall–Kier alpha value is -1.56. The molecule has 1 aromatic rings. The van der Waals surface area contributed by atoms with Crippen LogP contribution in [-0.2, 0) is 11.3 Å². The number of aryl methyl sites for hydroxylation is 1. The van der Waals surface area contributed by atoms with Gasteiger partial charge in [0.15, 0.2) is 0 Å². The SMILES string of the molecule is CC(C)(C)OC(=O)N1CCC(CNCCCn2cccn2)CC1. The Balaban J connectivity index is 1.55. The van der Waals surface area contributed by atoms with Gasteiger partial charge in [-0.25, -0.2) is 4.79 Å². The highest BCUT2D eigenvalue weighted by Gasteiger charge is 2.26. The van der Waals surface area contributed by atoms with E-state index in [0.717, 1.165) is 52.0 Å². The van der Waals surface area contributed by atoms with E-state index < -0.39 is 5.60 Å². The Morgan fingerprint density at radius 2 is 2.09 bits per heavy atom. The molecule has 1 aromatic heterocycles. The minimum Gasteiger partial charge on any atom is -0.444 e. The summed E-state index contributed by atoms with van der Waals surface area (Å²) >= 11 is 0. The molecule has 0 aliphatic carbocycles. The van der Waals surface area contributed by atoms with Crippen LogP contribution in [0.5, 0.6) is 0 Å². The van der Waals surface area contributed by atoms with Crippen LogP contribution in [0.3, 0.4) is 0 Å². The lowest BCUT2D eigenvalue weighted by atomic mass is 9.97. The van der Waals surface area contributed by atoms with Crippen molar-refractivity contribution in [2.45, 2.75) is 52.2 Å². The van der Waals surface area contributed by atoms with Crippen LogP contribution in [0.2, 0.25) is 0 Å². The van der Waals surface area contributed by atoms with Crippen molar-refractivity contribution >= 4 is 6.09 Å². The summed E-state index contributed by atoms with van der Waals surface area (Å²) < 4.78 is 7.38. The van der Waals surface area contributed by atoms with Gasteiger partial charge in [-0.2, -0.15) is 5.10 Å². The molecule has 130 valence electrons. The zero-order chi connectivity index (χ0) is 16.7. The quantitative estimate of drug-likeness (QED) is 0.818. The highest BCUT2D eigenvalue weighted by molar-refractivity contribution is 5.68. The molecule has 1 N–H and O–H groups in total. The van der Waals surface area contributed by atoms with Gasteiger partial charge in [0.2, 0.25) is 0 Å². The summed E-state index contributed by atoms with van der Waals surface area (Å²) in [5, 5.41) is 7.72. The summed E-state index contributed by atoms with van der Waals surface area (Å²) in [6.45, 7) is 10.3. The van der Waals surface area contributed by atoms with Gasteiger partial charge in [-0.1, -0.05) is 0 Å². The first-order valence-electron chi connectivity index (χ1n) is 8.60. The number of carbonyl (C=O) groups is 1. The second kappa shape index (κ2) is 8.34. The minimum atomic E-state index is -0.413. The van der Waals surface area contributed by atoms with Crippen molar-refractivity contribution in [1.29, 1.82) is 0 Å². The lowest BCUT2D eigenvalue weighted by molar-refractivity contribution is 0.0184. The van der Waals surface area contributed by atoms with E-state index in [-0.39, 0.29) is 6.09 Å². The van der Waals surface area contributed by atoms with E-state index in [1.807, 2.05) is 48.8 Å². The lowest BCUT2D eigenvalue weighted by Gasteiger charge is -2.33. The van der Waals surface area contributed by atoms with E-state index in [4.69, 9.17) is 4.74 Å². The Labute approximate surface area is 139 Å². The van der Waals surface area contributed by atoms with E-state index in [0.29, 0.717) is 5.92 Å². The van der Waals surface area contributed by atoms with Crippen molar-refractivity contribution in [3.05, 3.63) is 18.5 Å². The first-order valence-corrected chi connectivity index (χ1v) is 8.60. The Kier molecular flexibility index (Phi) is 6.45. The summed E-state index contributed by atoms with van der Waals surface area (Å²) in [6, 6.07) is 1.95. The average Bonchev–Trinajstić information content (AvgIpc) is 2.99. The average molecular weight is 322 g/mol. The fraction of sp³-hybridized carbons (Fsp3) is 0.765. The third-order valence-corrected chi connectivity index (χ3v) is 4.00. The fourth-order valence-electron chi connectivity index (χ4n) is 2.75. The molecule has 1 saturated heterocycles. The van der Waals surface area contributed by atoms with Gasteiger partial charge in [0, 0.05) is 32.0 Å². The minimum absolute atomic E-state index is 0.178. The topological polar surface area (TPSA) is 59.4 Å². The second-order valence-corrected chi connectivity index (χ2v) is 7.24. The molecule has 1 amide bonds. The van der Waals surface area contributed by atoms with Crippen molar-refractivity contribution in [3.8, 4) is 0 Å². The molecule has 2 heterocycles. The molecule has 6 nitrogen and oxygen atoms in total. The van der Waals surface area contributed by atoms with Crippen LogP contribution in [0.4, 0.5) is 4.79 Å². The van der Waals surface area contributed by atoms with Crippen LogP contribution >= 0.6 is 0 Å². The zero-order valence-electron chi connectivity index (χ0n) is 14.6. The Morgan fingerprint density at radius 3 is 2.70 bits per heavy atom. The molecule has 1 aliphatic heterocycles. The van der Waals surface area contributed by atoms with Crippen LogP contribution in [0.15, 0.2) is 18.5 Å². The fourth-order valence-corrected chi connectivity index (χ4v) is 2.75. The Bertz CT molecular complexity index is 459. The zero-order valence-corrected chi connectivity index (χ0v) is 14.6. The van der Waals surface area contributed by atoms with Crippen LogP contribution in [0.1, 0.15) is 40.0 Å². The lowest BCUT2D eigenvalue weighted by Crippen LogP contribution is -2.43. The molecule has 0 unspecified atom stereocenters. The maximum atomic E-state index is 12.0. The predicted molar refractivity (Wildman–Crippen MR) is 90.2 cm³/mol. The largest absolute Gasteiger partial charge is 0.444 e. The summed E-state index contributed by atoms with van der Waals surface area (Å²) in [6.07, 6.45) is 6.80. The van der Waals surface area contributed by atoms with E-state index in [1.54, 1.807) is 0 Å². The van der Waals surface area contributed by atoms with E-state index in [9.17, 15) is 4.79 Å². The van der Waals surface area contributed by atoms with Crippen LogP contribution in [0.25, 0.3) is 0 Å². The maximum absolute atomic E-state index is 12.0. The number of nitrogens with one attached hydrogen (secondary N) is 1. The molecule has 0 radical (unpaired) electrons. The number of likely N-dealkylation sites (tertiary alicyclic amines) is 1. The number of ether oxygens (including phenoxy) is 1. The molecule has 0 bridgehead atoms. The summed E-state index contributed by atoms with van der Waals surface area (Å²) in [7, 11) is 0. The van der Waals surface area contributed by atoms with Gasteiger partial charge >= 0.3 is 6.09 Å². The highest BCUT2D eigenvalue weighted by atomic mass is 16.6. The van der Waals surface area contributed by atoms with Crippen molar-refractivity contribution < 1.29 is 9.53 Å². The van der Waals surface area contributed by atoms with Gasteiger partial charge in [0.05, 0.1) is 0 Å². The molecule has 2 rings (SSSR count). The molecule has 23 heavy (non-hydrogen) atoms. The first-order chi connectivity index (χ1) is 10.9. The van der Waals surface area contributed by atoms with Crippen LogP contribution in [-0.4, -0.2) is 52.6 Å². The van der Waals surface area contributed by atoms with E-state index in [1.165, 1.54) is 0 Å². The van der Waals surface area contributed by atoms with Gasteiger partial charge in [-0.3, -0.25) is 4.68 Å². The summed E-state index contributed by atoms with van der Waals surface area (Å²) in [5.41, 5.74) is -0.413. The van der Waals surface area contributed by atoms with Gasteiger partial charge in [0.1, 0.15) is 5.60 Å². The molecule has 0 spiro atoms. The van der Waals surface area contributed by atoms with Crippen molar-refractivity contribution in [2.75, 3.05) is 26.2 Å². The third-order valence-electron chi connectivity index (χ3n) is 4.00. The molecule has 6 heteroatoms. The second-order valence-electron chi connectivity index (χ2n) is 7.24. The van der Waals surface area contributed by atoms with Gasteiger partial charge in [-0.05, 0) is 65.1 Å². The number of hydrogen-bond donors (Lipinski definition) is 1. The molecule has 1 aliphatic rings. The smallest absolute Gasteiger partial charge is 0.410 e. The molecule has 1 fully saturated rings. The van der Waals surface area contributed by atoms with Crippen molar-refractivity contribution in [1.82, 2.24) is 20.0 Å². The molecule has 0 saturated carbocycles. The predicted octanol–water partition coefficient (Wildman–Crippen LogP) is 2.51. The van der Waals surface area contributed by atoms with Crippen LogP contribution < -0.4 is 5.32 Å². The maximum Gasteiger partial charge on any atom is 0.410 e. The number of carbonyl (C=O) groups excluding carboxylic acids is 1. The normalized spacial score (nSPS) is 16.6. The first kappa shape index (κ1) is 17.8. The van der Waals surface area contributed by atoms with Gasteiger partial charge < -0.3 is 15.0 Å². The Morgan fingerprint density at radius 1 is 1.35 bits per heavy atom. The van der Waals surface area contributed by atoms with E-state index >= 15 is 0 Å². The summed E-state index contributed by atoms with van der Waals surface area (Å²) in [5.74, 6) is 0.651. The number of hydrogen-bond acceptors (Lipinski definition) is 4. The third kappa shape index (κ3) is 6.60. The van der Waals surface area contributed by atoms with Crippen molar-refractivity contribution in [2.24, 2.45) is 5.92 Å². The number of aromatic nitrogens is 2. The standard InChI is InChI=1S/C17H30N4O2/c1-17(2,3)23-16(22)20-12-6-15(7-13-20)14-18-8-4-10-21-11-5-9-19-21/h5,9,11,15,18H,4,6-8,10,12-14H2,1-3H3. The molecule has 0 atom stereocenters. The molecular weight excluding hydrogens is 292 g/mol. The number of rotatable bonds is 6. The van der Waals surface area contributed by atoms with Crippen molar-refractivity contribution in [3.63, 3.8) is 0 Å². The molecular formula is C17H30N4O2.